The number of rotatable bonds is 5. The fourth-order valence-corrected chi connectivity index (χ4v) is 3.00. The standard InChI is InChI=1S/C16H19BrN2O5/c1-23-13-7-6-10(8-12(13)17)15(21)24-9-14(20)19-16(22)18-11-4-2-3-5-11/h6-8,11H,2-5,9H2,1H3,(H2,18,19,20,22). The van der Waals surface area contributed by atoms with Gasteiger partial charge in [0, 0.05) is 6.04 Å². The lowest BCUT2D eigenvalue weighted by Crippen LogP contribution is -2.44. The molecule has 1 aliphatic carbocycles. The molecule has 2 rings (SSSR count). The van der Waals surface area contributed by atoms with Crippen LogP contribution in [0, 0.1) is 0 Å². The largest absolute Gasteiger partial charge is 0.496 e. The van der Waals surface area contributed by atoms with Crippen LogP contribution in [0.5, 0.6) is 5.75 Å². The maximum atomic E-state index is 11.9. The molecule has 1 aliphatic rings. The van der Waals surface area contributed by atoms with Crippen LogP contribution in [-0.2, 0) is 9.53 Å². The minimum Gasteiger partial charge on any atom is -0.496 e. The van der Waals surface area contributed by atoms with Gasteiger partial charge in [-0.25, -0.2) is 9.59 Å². The minimum absolute atomic E-state index is 0.108. The van der Waals surface area contributed by atoms with E-state index < -0.39 is 24.5 Å². The molecule has 0 heterocycles. The number of hydrogen-bond acceptors (Lipinski definition) is 5. The molecule has 0 atom stereocenters. The van der Waals surface area contributed by atoms with Crippen LogP contribution in [0.1, 0.15) is 36.0 Å². The Kier molecular flexibility index (Phi) is 6.60. The highest BCUT2D eigenvalue weighted by atomic mass is 79.9. The third-order valence-corrected chi connectivity index (χ3v) is 4.28. The van der Waals surface area contributed by atoms with Crippen molar-refractivity contribution in [2.24, 2.45) is 0 Å². The van der Waals surface area contributed by atoms with Crippen molar-refractivity contribution >= 4 is 33.8 Å². The molecular formula is C16H19BrN2O5. The zero-order chi connectivity index (χ0) is 17.5. The second-order valence-corrected chi connectivity index (χ2v) is 6.28. The van der Waals surface area contributed by atoms with Gasteiger partial charge in [-0.3, -0.25) is 10.1 Å². The zero-order valence-corrected chi connectivity index (χ0v) is 14.9. The Balaban J connectivity index is 1.77. The molecule has 1 fully saturated rings. The normalized spacial score (nSPS) is 14.1. The predicted octanol–water partition coefficient (Wildman–Crippen LogP) is 2.38. The van der Waals surface area contributed by atoms with Gasteiger partial charge < -0.3 is 14.8 Å². The van der Waals surface area contributed by atoms with Gasteiger partial charge in [0.05, 0.1) is 17.1 Å². The van der Waals surface area contributed by atoms with Crippen molar-refractivity contribution in [2.45, 2.75) is 31.7 Å². The summed E-state index contributed by atoms with van der Waals surface area (Å²) in [5, 5.41) is 4.87. The van der Waals surface area contributed by atoms with Gasteiger partial charge in [-0.05, 0) is 47.0 Å². The molecule has 1 aromatic rings. The molecule has 24 heavy (non-hydrogen) atoms. The summed E-state index contributed by atoms with van der Waals surface area (Å²) in [6.07, 6.45) is 3.99. The van der Waals surface area contributed by atoms with E-state index in [-0.39, 0.29) is 11.6 Å². The highest BCUT2D eigenvalue weighted by molar-refractivity contribution is 9.10. The quantitative estimate of drug-likeness (QED) is 0.742. The molecule has 7 nitrogen and oxygen atoms in total. The molecule has 2 N–H and O–H groups in total. The number of imide groups is 1. The van der Waals surface area contributed by atoms with Crippen molar-refractivity contribution < 1.29 is 23.9 Å². The molecule has 1 saturated carbocycles. The summed E-state index contributed by atoms with van der Waals surface area (Å²) >= 11 is 3.26. The van der Waals surface area contributed by atoms with Crippen LogP contribution in [0.25, 0.3) is 0 Å². The Hall–Kier alpha value is -2.09. The van der Waals surface area contributed by atoms with Crippen molar-refractivity contribution in [3.8, 4) is 5.75 Å². The van der Waals surface area contributed by atoms with Crippen molar-refractivity contribution in [3.63, 3.8) is 0 Å². The summed E-state index contributed by atoms with van der Waals surface area (Å²) in [7, 11) is 1.51. The molecule has 0 bridgehead atoms. The van der Waals surface area contributed by atoms with Crippen LogP contribution in [0.3, 0.4) is 0 Å². The average Bonchev–Trinajstić information content (AvgIpc) is 3.05. The minimum atomic E-state index is -0.675. The van der Waals surface area contributed by atoms with E-state index in [2.05, 4.69) is 26.6 Å². The van der Waals surface area contributed by atoms with Gasteiger partial charge in [0.15, 0.2) is 6.61 Å². The molecule has 0 unspecified atom stereocenters. The first-order valence-corrected chi connectivity index (χ1v) is 8.40. The number of amides is 3. The van der Waals surface area contributed by atoms with Crippen LogP contribution in [0.2, 0.25) is 0 Å². The predicted molar refractivity (Wildman–Crippen MR) is 89.9 cm³/mol. The molecule has 0 aliphatic heterocycles. The summed E-state index contributed by atoms with van der Waals surface area (Å²) < 4.78 is 10.6. The smallest absolute Gasteiger partial charge is 0.338 e. The highest BCUT2D eigenvalue weighted by Crippen LogP contribution is 2.25. The number of benzene rings is 1. The van der Waals surface area contributed by atoms with E-state index in [1.807, 2.05) is 0 Å². The SMILES string of the molecule is COc1ccc(C(=O)OCC(=O)NC(=O)NC2CCCC2)cc1Br. The van der Waals surface area contributed by atoms with Gasteiger partial charge in [-0.2, -0.15) is 0 Å². The lowest BCUT2D eigenvalue weighted by molar-refractivity contribution is -0.123. The van der Waals surface area contributed by atoms with Gasteiger partial charge in [-0.15, -0.1) is 0 Å². The van der Waals surface area contributed by atoms with E-state index in [0.29, 0.717) is 10.2 Å². The molecule has 3 amide bonds. The lowest BCUT2D eigenvalue weighted by atomic mass is 10.2. The van der Waals surface area contributed by atoms with Crippen LogP contribution in [0.15, 0.2) is 22.7 Å². The number of urea groups is 1. The monoisotopic (exact) mass is 398 g/mol. The number of ether oxygens (including phenoxy) is 2. The summed E-state index contributed by atoms with van der Waals surface area (Å²) in [6.45, 7) is -0.527. The van der Waals surface area contributed by atoms with Crippen molar-refractivity contribution in [1.82, 2.24) is 10.6 Å². The Morgan fingerprint density at radius 1 is 1.25 bits per heavy atom. The first kappa shape index (κ1) is 18.3. The topological polar surface area (TPSA) is 93.7 Å². The first-order valence-electron chi connectivity index (χ1n) is 7.60. The van der Waals surface area contributed by atoms with E-state index in [0.717, 1.165) is 25.7 Å². The summed E-state index contributed by atoms with van der Waals surface area (Å²) in [6, 6.07) is 4.21. The fourth-order valence-electron chi connectivity index (χ4n) is 2.46. The fraction of sp³-hybridized carbons (Fsp3) is 0.438. The van der Waals surface area contributed by atoms with E-state index in [1.54, 1.807) is 6.07 Å². The highest BCUT2D eigenvalue weighted by Gasteiger charge is 2.19. The van der Waals surface area contributed by atoms with Crippen LogP contribution >= 0.6 is 15.9 Å². The van der Waals surface area contributed by atoms with E-state index in [1.165, 1.54) is 19.2 Å². The van der Waals surface area contributed by atoms with Gasteiger partial charge in [-0.1, -0.05) is 12.8 Å². The van der Waals surface area contributed by atoms with Crippen LogP contribution in [0.4, 0.5) is 4.79 Å². The van der Waals surface area contributed by atoms with Gasteiger partial charge in [0.2, 0.25) is 0 Å². The molecule has 0 spiro atoms. The first-order chi connectivity index (χ1) is 11.5. The number of hydrogen-bond donors (Lipinski definition) is 2. The van der Waals surface area contributed by atoms with Crippen molar-refractivity contribution in [2.75, 3.05) is 13.7 Å². The number of esters is 1. The molecule has 0 radical (unpaired) electrons. The third kappa shape index (κ3) is 5.23. The maximum Gasteiger partial charge on any atom is 0.338 e. The second kappa shape index (κ2) is 8.68. The summed E-state index contributed by atoms with van der Waals surface area (Å²) in [4.78, 5) is 35.2. The van der Waals surface area contributed by atoms with Crippen LogP contribution in [-0.4, -0.2) is 37.7 Å². The molecule has 8 heteroatoms. The van der Waals surface area contributed by atoms with Crippen molar-refractivity contribution in [1.29, 1.82) is 0 Å². The number of carbonyl (C=O) groups is 3. The third-order valence-electron chi connectivity index (χ3n) is 3.67. The number of halogens is 1. The zero-order valence-electron chi connectivity index (χ0n) is 13.3. The van der Waals surface area contributed by atoms with Gasteiger partial charge in [0.1, 0.15) is 5.75 Å². The van der Waals surface area contributed by atoms with Crippen LogP contribution < -0.4 is 15.4 Å². The van der Waals surface area contributed by atoms with E-state index in [9.17, 15) is 14.4 Å². The molecular weight excluding hydrogens is 380 g/mol. The Bertz CT molecular complexity index is 629. The average molecular weight is 399 g/mol. The summed E-state index contributed by atoms with van der Waals surface area (Å²) in [5.74, 6) is -0.760. The Morgan fingerprint density at radius 2 is 1.96 bits per heavy atom. The second-order valence-electron chi connectivity index (χ2n) is 5.43. The van der Waals surface area contributed by atoms with Gasteiger partial charge >= 0.3 is 12.0 Å². The van der Waals surface area contributed by atoms with Gasteiger partial charge in [0.25, 0.3) is 5.91 Å². The lowest BCUT2D eigenvalue weighted by Gasteiger charge is -2.12. The maximum absolute atomic E-state index is 11.9. The van der Waals surface area contributed by atoms with Crippen molar-refractivity contribution in [3.05, 3.63) is 28.2 Å². The van der Waals surface area contributed by atoms with E-state index >= 15 is 0 Å². The number of methoxy groups -OCH3 is 1. The van der Waals surface area contributed by atoms with E-state index in [4.69, 9.17) is 9.47 Å². The molecule has 0 saturated heterocycles. The summed E-state index contributed by atoms with van der Waals surface area (Å²) in [5.41, 5.74) is 0.269. The molecule has 130 valence electrons. The number of carbonyl (C=O) groups excluding carboxylic acids is 3. The number of nitrogens with one attached hydrogen (secondary N) is 2. The molecule has 0 aromatic heterocycles. The Morgan fingerprint density at radius 3 is 2.58 bits per heavy atom. The Labute approximate surface area is 148 Å². The molecule has 1 aromatic carbocycles.